The Morgan fingerprint density at radius 3 is 3.04 bits per heavy atom. The van der Waals surface area contributed by atoms with Crippen LogP contribution in [0.5, 0.6) is 0 Å². The molecule has 1 N–H and O–H groups in total. The lowest BCUT2D eigenvalue weighted by molar-refractivity contribution is 0.196. The molecule has 0 radical (unpaired) electrons. The summed E-state index contributed by atoms with van der Waals surface area (Å²) in [4.78, 5) is 15.7. The van der Waals surface area contributed by atoms with Crippen LogP contribution in [0.4, 0.5) is 0 Å². The molecule has 118 valence electrons. The van der Waals surface area contributed by atoms with Gasteiger partial charge in [0.2, 0.25) is 0 Å². The average molecular weight is 309 g/mol. The van der Waals surface area contributed by atoms with Crippen LogP contribution in [0.15, 0.2) is 43.4 Å². The quantitative estimate of drug-likeness (QED) is 0.795. The molecule has 0 aromatic carbocycles. The van der Waals surface area contributed by atoms with Crippen molar-refractivity contribution in [2.24, 2.45) is 0 Å². The van der Waals surface area contributed by atoms with Crippen LogP contribution in [0.25, 0.3) is 5.82 Å². The molecule has 0 aliphatic carbocycles. The molecule has 7 heteroatoms. The van der Waals surface area contributed by atoms with E-state index in [-0.39, 0.29) is 0 Å². The largest absolute Gasteiger partial charge is 0.297 e. The standard InChI is InChI=1S/C16H19N7/c1-2-13(10-22(6-1)11-14-3-4-19-21-14)15-8-18-9-16(20-15)23-7-5-17-12-23/h3-5,7-9,12-13H,1-2,6,10-11H2,(H,19,21). The van der Waals surface area contributed by atoms with Crippen LogP contribution in [-0.2, 0) is 6.54 Å². The van der Waals surface area contributed by atoms with Crippen molar-refractivity contribution in [2.45, 2.75) is 25.3 Å². The minimum atomic E-state index is 0.419. The Kier molecular flexibility index (Phi) is 3.85. The van der Waals surface area contributed by atoms with Gasteiger partial charge in [-0.15, -0.1) is 0 Å². The third-order valence-electron chi connectivity index (χ3n) is 4.29. The lowest BCUT2D eigenvalue weighted by Crippen LogP contribution is -2.34. The summed E-state index contributed by atoms with van der Waals surface area (Å²) in [5.74, 6) is 1.24. The summed E-state index contributed by atoms with van der Waals surface area (Å²) in [5.41, 5.74) is 2.22. The fourth-order valence-corrected chi connectivity index (χ4v) is 3.14. The first-order chi connectivity index (χ1) is 11.4. The lowest BCUT2D eigenvalue weighted by atomic mass is 9.95. The van der Waals surface area contributed by atoms with Gasteiger partial charge >= 0.3 is 0 Å². The van der Waals surface area contributed by atoms with Crippen LogP contribution in [-0.4, -0.2) is 47.7 Å². The van der Waals surface area contributed by atoms with Gasteiger partial charge < -0.3 is 0 Å². The van der Waals surface area contributed by atoms with Crippen molar-refractivity contribution in [3.05, 3.63) is 54.8 Å². The summed E-state index contributed by atoms with van der Waals surface area (Å²) < 4.78 is 1.89. The third-order valence-corrected chi connectivity index (χ3v) is 4.29. The number of nitrogens with zero attached hydrogens (tertiary/aromatic N) is 6. The van der Waals surface area contributed by atoms with Crippen LogP contribution in [0.2, 0.25) is 0 Å². The molecule has 0 saturated carbocycles. The summed E-state index contributed by atoms with van der Waals surface area (Å²) >= 11 is 0. The van der Waals surface area contributed by atoms with E-state index in [2.05, 4.69) is 25.1 Å². The number of H-pyrrole nitrogens is 1. The van der Waals surface area contributed by atoms with Gasteiger partial charge in [-0.3, -0.25) is 19.5 Å². The maximum Gasteiger partial charge on any atom is 0.156 e. The number of aromatic nitrogens is 6. The molecule has 3 aromatic heterocycles. The van der Waals surface area contributed by atoms with Crippen LogP contribution in [0.1, 0.15) is 30.1 Å². The molecule has 7 nitrogen and oxygen atoms in total. The Morgan fingerprint density at radius 2 is 2.22 bits per heavy atom. The highest BCUT2D eigenvalue weighted by Gasteiger charge is 2.23. The Balaban J connectivity index is 1.50. The van der Waals surface area contributed by atoms with E-state index in [1.165, 1.54) is 6.42 Å². The molecule has 0 bridgehead atoms. The van der Waals surface area contributed by atoms with Crippen molar-refractivity contribution < 1.29 is 0 Å². The van der Waals surface area contributed by atoms with Crippen molar-refractivity contribution in [3.8, 4) is 5.82 Å². The molecule has 1 fully saturated rings. The molecule has 1 aliphatic heterocycles. The fraction of sp³-hybridized carbons (Fsp3) is 0.375. The Bertz CT molecular complexity index is 736. The molecule has 1 atom stereocenters. The van der Waals surface area contributed by atoms with Gasteiger partial charge in [0.15, 0.2) is 5.82 Å². The van der Waals surface area contributed by atoms with Gasteiger partial charge in [0.05, 0.1) is 11.9 Å². The number of aromatic amines is 1. The van der Waals surface area contributed by atoms with Gasteiger partial charge in [-0.1, -0.05) is 0 Å². The molecular weight excluding hydrogens is 290 g/mol. The number of rotatable bonds is 4. The van der Waals surface area contributed by atoms with E-state index in [1.807, 2.05) is 23.0 Å². The van der Waals surface area contributed by atoms with E-state index < -0.39 is 0 Å². The van der Waals surface area contributed by atoms with E-state index in [4.69, 9.17) is 4.98 Å². The van der Waals surface area contributed by atoms with Crippen molar-refractivity contribution in [1.82, 2.24) is 34.6 Å². The van der Waals surface area contributed by atoms with E-state index in [9.17, 15) is 0 Å². The highest BCUT2D eigenvalue weighted by atomic mass is 15.2. The molecule has 1 saturated heterocycles. The van der Waals surface area contributed by atoms with Gasteiger partial charge in [-0.25, -0.2) is 9.97 Å². The predicted molar refractivity (Wildman–Crippen MR) is 85.0 cm³/mol. The third kappa shape index (κ3) is 3.14. The van der Waals surface area contributed by atoms with Crippen LogP contribution < -0.4 is 0 Å². The Morgan fingerprint density at radius 1 is 1.22 bits per heavy atom. The second-order valence-corrected chi connectivity index (χ2v) is 5.93. The smallest absolute Gasteiger partial charge is 0.156 e. The van der Waals surface area contributed by atoms with Gasteiger partial charge in [0, 0.05) is 49.5 Å². The Hall–Kier alpha value is -2.54. The second kappa shape index (κ2) is 6.29. The van der Waals surface area contributed by atoms with Crippen LogP contribution in [0.3, 0.4) is 0 Å². The van der Waals surface area contributed by atoms with E-state index in [1.54, 1.807) is 24.9 Å². The van der Waals surface area contributed by atoms with Gasteiger partial charge in [0.25, 0.3) is 0 Å². The van der Waals surface area contributed by atoms with Gasteiger partial charge in [-0.05, 0) is 25.5 Å². The number of hydrogen-bond donors (Lipinski definition) is 1. The predicted octanol–water partition coefficient (Wildman–Crippen LogP) is 1.76. The van der Waals surface area contributed by atoms with Crippen molar-refractivity contribution in [3.63, 3.8) is 0 Å². The molecule has 4 heterocycles. The van der Waals surface area contributed by atoms with Crippen LogP contribution in [0, 0.1) is 0 Å². The first-order valence-electron chi connectivity index (χ1n) is 7.89. The van der Waals surface area contributed by atoms with Crippen LogP contribution >= 0.6 is 0 Å². The summed E-state index contributed by atoms with van der Waals surface area (Å²) in [7, 11) is 0. The molecule has 1 aliphatic rings. The molecule has 0 amide bonds. The average Bonchev–Trinajstić information content (AvgIpc) is 3.29. The highest BCUT2D eigenvalue weighted by molar-refractivity contribution is 5.21. The normalized spacial score (nSPS) is 19.0. The molecule has 0 spiro atoms. The van der Waals surface area contributed by atoms with Crippen molar-refractivity contribution >= 4 is 0 Å². The van der Waals surface area contributed by atoms with Gasteiger partial charge in [0.1, 0.15) is 6.33 Å². The molecular formula is C16H19N7. The molecule has 1 unspecified atom stereocenters. The van der Waals surface area contributed by atoms with E-state index in [0.717, 1.165) is 43.3 Å². The number of nitrogens with one attached hydrogen (secondary N) is 1. The number of hydrogen-bond acceptors (Lipinski definition) is 5. The first-order valence-corrected chi connectivity index (χ1v) is 7.89. The fourth-order valence-electron chi connectivity index (χ4n) is 3.14. The zero-order valence-electron chi connectivity index (χ0n) is 12.8. The maximum atomic E-state index is 4.78. The second-order valence-electron chi connectivity index (χ2n) is 5.93. The molecule has 3 aromatic rings. The molecule has 4 rings (SSSR count). The van der Waals surface area contributed by atoms with Gasteiger partial charge in [-0.2, -0.15) is 5.10 Å². The van der Waals surface area contributed by atoms with E-state index >= 15 is 0 Å². The summed E-state index contributed by atoms with van der Waals surface area (Å²) in [5, 5.41) is 7.06. The zero-order chi connectivity index (χ0) is 15.5. The maximum absolute atomic E-state index is 4.78. The number of likely N-dealkylation sites (tertiary alicyclic amines) is 1. The van der Waals surface area contributed by atoms with Crippen molar-refractivity contribution in [1.29, 1.82) is 0 Å². The zero-order valence-corrected chi connectivity index (χ0v) is 12.8. The Labute approximate surface area is 134 Å². The topological polar surface area (TPSA) is 75.5 Å². The lowest BCUT2D eigenvalue weighted by Gasteiger charge is -2.32. The monoisotopic (exact) mass is 309 g/mol. The minimum absolute atomic E-state index is 0.419. The highest BCUT2D eigenvalue weighted by Crippen LogP contribution is 2.26. The number of imidazole rings is 1. The van der Waals surface area contributed by atoms with E-state index in [0.29, 0.717) is 5.92 Å². The first kappa shape index (κ1) is 14.1. The molecule has 23 heavy (non-hydrogen) atoms. The summed E-state index contributed by atoms with van der Waals surface area (Å²) in [6, 6.07) is 2.03. The SMILES string of the molecule is c1cn(-c2cncc(C3CCCN(Cc4ccn[nH]4)C3)n2)cn1. The summed E-state index contributed by atoms with van der Waals surface area (Å²) in [6.07, 6.45) is 13.2. The minimum Gasteiger partial charge on any atom is -0.297 e. The summed E-state index contributed by atoms with van der Waals surface area (Å²) in [6.45, 7) is 3.02. The number of piperidine rings is 1. The van der Waals surface area contributed by atoms with Crippen molar-refractivity contribution in [2.75, 3.05) is 13.1 Å².